The molecule has 2 heterocycles. The second kappa shape index (κ2) is 9.33. The van der Waals surface area contributed by atoms with Gasteiger partial charge in [0.15, 0.2) is 11.3 Å². The Bertz CT molecular complexity index is 1740. The molecule has 0 aliphatic heterocycles. The quantitative estimate of drug-likeness (QED) is 0.282. The molecule has 5 aromatic rings. The number of aryl methyl sites for hydroxylation is 1. The third-order valence-electron chi connectivity index (χ3n) is 5.84. The van der Waals surface area contributed by atoms with Crippen LogP contribution in [0.5, 0.6) is 5.75 Å². The fraction of sp³-hybridized carbons (Fsp3) is 0.0714. The van der Waals surface area contributed by atoms with Crippen LogP contribution in [-0.4, -0.2) is 9.67 Å². The molecule has 2 aromatic heterocycles. The van der Waals surface area contributed by atoms with Gasteiger partial charge in [-0.3, -0.25) is 9.36 Å². The standard InChI is InChI=1S/C28H18F3NO4S/c1-16-22(17-9-4-2-5-10-17)32(19-12-6-3-7-13-19)26(34)21-23(33)25(27(35)36-24(16)21)37-20-14-8-11-18(15-20)28(29,30)31/h2-15,33H,1H3. The highest BCUT2D eigenvalue weighted by Crippen LogP contribution is 2.40. The first-order valence-electron chi connectivity index (χ1n) is 11.1. The molecular formula is C28H18F3NO4S. The zero-order valence-corrected chi connectivity index (χ0v) is 20.1. The lowest BCUT2D eigenvalue weighted by Gasteiger charge is -2.18. The van der Waals surface area contributed by atoms with Gasteiger partial charge in [-0.1, -0.05) is 66.4 Å². The largest absolute Gasteiger partial charge is 0.505 e. The van der Waals surface area contributed by atoms with Gasteiger partial charge in [0.2, 0.25) is 0 Å². The van der Waals surface area contributed by atoms with E-state index < -0.39 is 28.7 Å². The Morgan fingerprint density at radius 1 is 0.892 bits per heavy atom. The summed E-state index contributed by atoms with van der Waals surface area (Å²) in [7, 11) is 0. The van der Waals surface area contributed by atoms with Crippen molar-refractivity contribution in [2.75, 3.05) is 0 Å². The lowest BCUT2D eigenvalue weighted by molar-refractivity contribution is -0.137. The molecule has 0 unspecified atom stereocenters. The first-order valence-corrected chi connectivity index (χ1v) is 11.9. The number of aromatic nitrogens is 1. The van der Waals surface area contributed by atoms with Crippen LogP contribution in [0, 0.1) is 6.92 Å². The van der Waals surface area contributed by atoms with Gasteiger partial charge in [-0.25, -0.2) is 4.79 Å². The minimum atomic E-state index is -4.58. The summed E-state index contributed by atoms with van der Waals surface area (Å²) >= 11 is 0.598. The molecule has 0 fully saturated rings. The van der Waals surface area contributed by atoms with Crippen molar-refractivity contribution in [3.63, 3.8) is 0 Å². The number of fused-ring (bicyclic) bond motifs is 1. The highest BCUT2D eigenvalue weighted by molar-refractivity contribution is 7.99. The van der Waals surface area contributed by atoms with Crippen molar-refractivity contribution in [3.8, 4) is 22.7 Å². The Labute approximate surface area is 212 Å². The van der Waals surface area contributed by atoms with Gasteiger partial charge in [-0.2, -0.15) is 13.2 Å². The third-order valence-corrected chi connectivity index (χ3v) is 6.89. The number of hydrogen-bond donors (Lipinski definition) is 1. The fourth-order valence-corrected chi connectivity index (χ4v) is 5.06. The number of pyridine rings is 1. The molecule has 0 spiro atoms. The van der Waals surface area contributed by atoms with E-state index in [0.717, 1.165) is 12.1 Å². The van der Waals surface area contributed by atoms with E-state index in [0.29, 0.717) is 34.3 Å². The third kappa shape index (κ3) is 4.42. The van der Waals surface area contributed by atoms with Crippen LogP contribution in [0.4, 0.5) is 13.2 Å². The Kier molecular flexibility index (Phi) is 6.16. The lowest BCUT2D eigenvalue weighted by atomic mass is 10.0. The van der Waals surface area contributed by atoms with E-state index in [-0.39, 0.29) is 20.8 Å². The van der Waals surface area contributed by atoms with Gasteiger partial charge >= 0.3 is 11.8 Å². The monoisotopic (exact) mass is 521 g/mol. The molecule has 9 heteroatoms. The van der Waals surface area contributed by atoms with Crippen molar-refractivity contribution < 1.29 is 22.7 Å². The number of para-hydroxylation sites is 1. The van der Waals surface area contributed by atoms with Crippen molar-refractivity contribution >= 4 is 22.7 Å². The van der Waals surface area contributed by atoms with Gasteiger partial charge in [0.1, 0.15) is 10.3 Å². The maximum atomic E-state index is 13.9. The van der Waals surface area contributed by atoms with Gasteiger partial charge < -0.3 is 9.52 Å². The number of aromatic hydroxyl groups is 1. The van der Waals surface area contributed by atoms with Crippen LogP contribution in [0.3, 0.4) is 0 Å². The van der Waals surface area contributed by atoms with Gasteiger partial charge in [-0.05, 0) is 42.8 Å². The summed E-state index contributed by atoms with van der Waals surface area (Å²) in [5.74, 6) is -0.647. The average molecular weight is 522 g/mol. The number of nitrogens with zero attached hydrogens (tertiary/aromatic N) is 1. The molecule has 0 aliphatic carbocycles. The number of rotatable bonds is 4. The summed E-state index contributed by atoms with van der Waals surface area (Å²) in [6.45, 7) is 1.67. The minimum absolute atomic E-state index is 0.0535. The highest BCUT2D eigenvalue weighted by Gasteiger charge is 2.31. The molecular weight excluding hydrogens is 503 g/mol. The van der Waals surface area contributed by atoms with Crippen LogP contribution in [0.2, 0.25) is 0 Å². The maximum absolute atomic E-state index is 13.9. The Hall–Kier alpha value is -4.24. The normalized spacial score (nSPS) is 11.7. The molecule has 1 N–H and O–H groups in total. The topological polar surface area (TPSA) is 72.4 Å². The zero-order valence-electron chi connectivity index (χ0n) is 19.2. The van der Waals surface area contributed by atoms with Gasteiger partial charge in [0.25, 0.3) is 5.56 Å². The van der Waals surface area contributed by atoms with Crippen LogP contribution in [0.15, 0.2) is 109 Å². The van der Waals surface area contributed by atoms with Crippen molar-refractivity contribution in [2.45, 2.75) is 22.9 Å². The summed E-state index contributed by atoms with van der Waals surface area (Å²) < 4.78 is 46.5. The summed E-state index contributed by atoms with van der Waals surface area (Å²) in [5, 5.41) is 10.9. The number of halogens is 3. The molecule has 5 rings (SSSR count). The minimum Gasteiger partial charge on any atom is -0.505 e. The first kappa shape index (κ1) is 24.5. The molecule has 0 amide bonds. The Balaban J connectivity index is 1.80. The SMILES string of the molecule is Cc1c(-c2ccccc2)n(-c2ccccc2)c(=O)c2c(O)c(Sc3cccc(C(F)(F)F)c3)c(=O)oc12. The number of benzene rings is 3. The number of hydrogen-bond acceptors (Lipinski definition) is 5. The van der Waals surface area contributed by atoms with Gasteiger partial charge in [0, 0.05) is 16.1 Å². The van der Waals surface area contributed by atoms with E-state index in [2.05, 4.69) is 0 Å². The summed E-state index contributed by atoms with van der Waals surface area (Å²) in [5.41, 5.74) is -0.479. The van der Waals surface area contributed by atoms with Crippen LogP contribution in [0.1, 0.15) is 11.1 Å². The van der Waals surface area contributed by atoms with E-state index in [4.69, 9.17) is 4.42 Å². The lowest BCUT2D eigenvalue weighted by Crippen LogP contribution is -2.23. The molecule has 186 valence electrons. The maximum Gasteiger partial charge on any atom is 0.416 e. The van der Waals surface area contributed by atoms with Gasteiger partial charge in [0.05, 0.1) is 11.3 Å². The molecule has 0 saturated carbocycles. The first-order chi connectivity index (χ1) is 17.7. The van der Waals surface area contributed by atoms with Crippen molar-refractivity contribution in [3.05, 3.63) is 117 Å². The molecule has 0 atom stereocenters. The van der Waals surface area contributed by atoms with Crippen LogP contribution < -0.4 is 11.2 Å². The van der Waals surface area contributed by atoms with E-state index in [9.17, 15) is 27.9 Å². The molecule has 37 heavy (non-hydrogen) atoms. The summed E-state index contributed by atoms with van der Waals surface area (Å²) in [4.78, 5) is 26.5. The Morgan fingerprint density at radius 2 is 1.54 bits per heavy atom. The molecule has 0 bridgehead atoms. The predicted molar refractivity (Wildman–Crippen MR) is 135 cm³/mol. The second-order valence-corrected chi connectivity index (χ2v) is 9.30. The molecule has 0 radical (unpaired) electrons. The molecule has 0 aliphatic rings. The second-order valence-electron chi connectivity index (χ2n) is 8.21. The molecule has 3 aromatic carbocycles. The van der Waals surface area contributed by atoms with Crippen LogP contribution in [0.25, 0.3) is 27.9 Å². The van der Waals surface area contributed by atoms with Crippen molar-refractivity contribution in [1.29, 1.82) is 0 Å². The fourth-order valence-electron chi connectivity index (χ4n) is 4.17. The zero-order chi connectivity index (χ0) is 26.3. The van der Waals surface area contributed by atoms with Crippen LogP contribution in [-0.2, 0) is 6.18 Å². The van der Waals surface area contributed by atoms with Crippen molar-refractivity contribution in [1.82, 2.24) is 4.57 Å². The van der Waals surface area contributed by atoms with E-state index in [1.807, 2.05) is 18.2 Å². The summed E-state index contributed by atoms with van der Waals surface area (Å²) in [6.07, 6.45) is -4.58. The molecule has 0 saturated heterocycles. The predicted octanol–water partition coefficient (Wildman–Crippen LogP) is 6.79. The molecule has 5 nitrogen and oxygen atoms in total. The average Bonchev–Trinajstić information content (AvgIpc) is 2.89. The van der Waals surface area contributed by atoms with Crippen LogP contribution >= 0.6 is 11.8 Å². The van der Waals surface area contributed by atoms with Crippen molar-refractivity contribution in [2.24, 2.45) is 0 Å². The highest BCUT2D eigenvalue weighted by atomic mass is 32.2. The van der Waals surface area contributed by atoms with Gasteiger partial charge in [-0.15, -0.1) is 0 Å². The number of alkyl halides is 3. The Morgan fingerprint density at radius 3 is 2.19 bits per heavy atom. The van der Waals surface area contributed by atoms with E-state index >= 15 is 0 Å². The summed E-state index contributed by atoms with van der Waals surface area (Å²) in [6, 6.07) is 22.2. The van der Waals surface area contributed by atoms with E-state index in [1.165, 1.54) is 16.7 Å². The smallest absolute Gasteiger partial charge is 0.416 e. The van der Waals surface area contributed by atoms with E-state index in [1.54, 1.807) is 49.4 Å².